The lowest BCUT2D eigenvalue weighted by molar-refractivity contribution is -0.130. The first-order valence-electron chi connectivity index (χ1n) is 9.54. The van der Waals surface area contributed by atoms with Crippen molar-refractivity contribution in [2.45, 2.75) is 44.8 Å². The Bertz CT molecular complexity index is 953. The van der Waals surface area contributed by atoms with Crippen LogP contribution in [0.25, 0.3) is 5.69 Å². The fourth-order valence-electron chi connectivity index (χ4n) is 3.54. The van der Waals surface area contributed by atoms with Crippen molar-refractivity contribution in [2.75, 3.05) is 23.8 Å². The maximum Gasteiger partial charge on any atom is 0.233 e. The smallest absolute Gasteiger partial charge is 0.233 e. The topological polar surface area (TPSA) is 72.3 Å². The molecule has 1 atom stereocenters. The van der Waals surface area contributed by atoms with E-state index in [0.717, 1.165) is 28.4 Å². The van der Waals surface area contributed by atoms with Gasteiger partial charge in [-0.1, -0.05) is 30.8 Å². The van der Waals surface area contributed by atoms with Gasteiger partial charge in [-0.05, 0) is 43.9 Å². The standard InChI is InChI=1S/C20H27N3O3S2/c1-4-9-22(17-7-11-28(25,26)14-17)19(24)13-27-20-21-8-10-23(20)18-12-15(2)5-6-16(18)3/h5-6,8,10,12,17H,4,7,9,11,13-14H2,1-3H3. The van der Waals surface area contributed by atoms with E-state index >= 15 is 0 Å². The van der Waals surface area contributed by atoms with Crippen LogP contribution in [-0.2, 0) is 14.6 Å². The highest BCUT2D eigenvalue weighted by Crippen LogP contribution is 2.25. The third kappa shape index (κ3) is 4.78. The Morgan fingerprint density at radius 3 is 2.82 bits per heavy atom. The molecule has 0 N–H and O–H groups in total. The molecule has 1 aliphatic rings. The lowest BCUT2D eigenvalue weighted by atomic mass is 10.1. The molecule has 1 saturated heterocycles. The van der Waals surface area contributed by atoms with Crippen LogP contribution >= 0.6 is 11.8 Å². The quantitative estimate of drug-likeness (QED) is 0.643. The number of sulfone groups is 1. The SMILES string of the molecule is CCCN(C(=O)CSc1nccn1-c1cc(C)ccc1C)C1CCS(=O)(=O)C1. The number of carbonyl (C=O) groups is 1. The summed E-state index contributed by atoms with van der Waals surface area (Å²) in [6.07, 6.45) is 4.99. The van der Waals surface area contributed by atoms with Gasteiger partial charge in [0.25, 0.3) is 0 Å². The molecule has 2 aromatic rings. The van der Waals surface area contributed by atoms with E-state index in [4.69, 9.17) is 0 Å². The zero-order valence-electron chi connectivity index (χ0n) is 16.6. The minimum Gasteiger partial charge on any atom is -0.338 e. The maximum absolute atomic E-state index is 12.9. The number of aryl methyl sites for hydroxylation is 2. The molecule has 0 bridgehead atoms. The van der Waals surface area contributed by atoms with Gasteiger partial charge in [0.15, 0.2) is 15.0 Å². The third-order valence-corrected chi connectivity index (χ3v) is 7.69. The summed E-state index contributed by atoms with van der Waals surface area (Å²) >= 11 is 1.40. The van der Waals surface area contributed by atoms with Crippen LogP contribution in [0.1, 0.15) is 30.9 Å². The van der Waals surface area contributed by atoms with Crippen molar-refractivity contribution in [2.24, 2.45) is 0 Å². The minimum atomic E-state index is -3.02. The van der Waals surface area contributed by atoms with Gasteiger partial charge in [0.05, 0.1) is 22.9 Å². The van der Waals surface area contributed by atoms with Crippen LogP contribution in [0, 0.1) is 13.8 Å². The first kappa shape index (κ1) is 20.9. The van der Waals surface area contributed by atoms with E-state index in [1.54, 1.807) is 11.1 Å². The average Bonchev–Trinajstić information content (AvgIpc) is 3.25. The van der Waals surface area contributed by atoms with Crippen LogP contribution < -0.4 is 0 Å². The summed E-state index contributed by atoms with van der Waals surface area (Å²) in [7, 11) is -3.02. The van der Waals surface area contributed by atoms with Crippen LogP contribution in [0.4, 0.5) is 0 Å². The zero-order chi connectivity index (χ0) is 20.3. The van der Waals surface area contributed by atoms with E-state index < -0.39 is 9.84 Å². The van der Waals surface area contributed by atoms with Crippen molar-refractivity contribution >= 4 is 27.5 Å². The molecule has 0 spiro atoms. The Balaban J connectivity index is 1.72. The number of carbonyl (C=O) groups excluding carboxylic acids is 1. The van der Waals surface area contributed by atoms with Crippen molar-refractivity contribution < 1.29 is 13.2 Å². The van der Waals surface area contributed by atoms with Crippen LogP contribution in [0.2, 0.25) is 0 Å². The number of thioether (sulfide) groups is 1. The van der Waals surface area contributed by atoms with Gasteiger partial charge in [-0.15, -0.1) is 0 Å². The normalized spacial score (nSPS) is 18.3. The van der Waals surface area contributed by atoms with Crippen molar-refractivity contribution in [1.82, 2.24) is 14.5 Å². The molecule has 1 unspecified atom stereocenters. The van der Waals surface area contributed by atoms with E-state index in [-0.39, 0.29) is 29.2 Å². The lowest BCUT2D eigenvalue weighted by Crippen LogP contribution is -2.42. The number of amides is 1. The van der Waals surface area contributed by atoms with Gasteiger partial charge in [0.2, 0.25) is 5.91 Å². The third-order valence-electron chi connectivity index (χ3n) is 4.99. The number of aromatic nitrogens is 2. The number of hydrogen-bond acceptors (Lipinski definition) is 5. The molecular weight excluding hydrogens is 394 g/mol. The van der Waals surface area contributed by atoms with E-state index in [9.17, 15) is 13.2 Å². The number of nitrogens with zero attached hydrogens (tertiary/aromatic N) is 3. The van der Waals surface area contributed by atoms with Crippen LogP contribution in [0.15, 0.2) is 35.7 Å². The zero-order valence-corrected chi connectivity index (χ0v) is 18.2. The van der Waals surface area contributed by atoms with Gasteiger partial charge in [-0.3, -0.25) is 9.36 Å². The molecule has 2 heterocycles. The van der Waals surface area contributed by atoms with E-state index in [1.165, 1.54) is 11.8 Å². The first-order chi connectivity index (χ1) is 13.3. The van der Waals surface area contributed by atoms with Crippen LogP contribution in [0.5, 0.6) is 0 Å². The Morgan fingerprint density at radius 1 is 1.36 bits per heavy atom. The van der Waals surface area contributed by atoms with Crippen molar-refractivity contribution in [3.05, 3.63) is 41.7 Å². The number of hydrogen-bond donors (Lipinski definition) is 0. The molecule has 1 fully saturated rings. The van der Waals surface area contributed by atoms with Gasteiger partial charge in [-0.2, -0.15) is 0 Å². The van der Waals surface area contributed by atoms with Gasteiger partial charge < -0.3 is 4.90 Å². The van der Waals surface area contributed by atoms with Gasteiger partial charge >= 0.3 is 0 Å². The number of imidazole rings is 1. The second kappa shape index (κ2) is 8.69. The average molecular weight is 422 g/mol. The Hall–Kier alpha value is -1.80. The summed E-state index contributed by atoms with van der Waals surface area (Å²) in [6.45, 7) is 6.70. The predicted octanol–water partition coefficient (Wildman–Crippen LogP) is 3.01. The van der Waals surface area contributed by atoms with Crippen LogP contribution in [0.3, 0.4) is 0 Å². The van der Waals surface area contributed by atoms with Gasteiger partial charge in [0, 0.05) is 25.0 Å². The molecule has 8 heteroatoms. The fourth-order valence-corrected chi connectivity index (χ4v) is 6.12. The molecule has 0 saturated carbocycles. The van der Waals surface area contributed by atoms with E-state index in [2.05, 4.69) is 37.0 Å². The highest BCUT2D eigenvalue weighted by Gasteiger charge is 2.34. The van der Waals surface area contributed by atoms with Crippen molar-refractivity contribution in [3.8, 4) is 5.69 Å². The molecule has 0 radical (unpaired) electrons. The molecule has 152 valence electrons. The number of benzene rings is 1. The fraction of sp³-hybridized carbons (Fsp3) is 0.500. The minimum absolute atomic E-state index is 0.0236. The Kier molecular flexibility index (Phi) is 6.50. The lowest BCUT2D eigenvalue weighted by Gasteiger charge is -2.27. The molecule has 1 amide bonds. The molecule has 1 aromatic carbocycles. The van der Waals surface area contributed by atoms with Crippen LogP contribution in [-0.4, -0.2) is 58.6 Å². The molecule has 1 aromatic heterocycles. The highest BCUT2D eigenvalue weighted by atomic mass is 32.2. The summed E-state index contributed by atoms with van der Waals surface area (Å²) < 4.78 is 25.6. The Morgan fingerprint density at radius 2 is 2.14 bits per heavy atom. The molecule has 6 nitrogen and oxygen atoms in total. The first-order valence-corrected chi connectivity index (χ1v) is 12.3. The molecule has 1 aliphatic heterocycles. The summed E-state index contributed by atoms with van der Waals surface area (Å²) in [5.41, 5.74) is 3.36. The monoisotopic (exact) mass is 421 g/mol. The predicted molar refractivity (Wildman–Crippen MR) is 113 cm³/mol. The van der Waals surface area contributed by atoms with E-state index in [0.29, 0.717) is 13.0 Å². The largest absolute Gasteiger partial charge is 0.338 e. The summed E-state index contributed by atoms with van der Waals surface area (Å²) in [6, 6.07) is 6.06. The Labute approximate surface area is 171 Å². The molecular formula is C20H27N3O3S2. The van der Waals surface area contributed by atoms with Crippen molar-refractivity contribution in [1.29, 1.82) is 0 Å². The second-order valence-corrected chi connectivity index (χ2v) is 10.5. The summed E-state index contributed by atoms with van der Waals surface area (Å²) in [4.78, 5) is 19.0. The molecule has 28 heavy (non-hydrogen) atoms. The van der Waals surface area contributed by atoms with E-state index in [1.807, 2.05) is 17.7 Å². The van der Waals surface area contributed by atoms with Gasteiger partial charge in [0.1, 0.15) is 0 Å². The maximum atomic E-state index is 12.9. The molecule has 0 aliphatic carbocycles. The van der Waals surface area contributed by atoms with Gasteiger partial charge in [-0.25, -0.2) is 13.4 Å². The second-order valence-electron chi connectivity index (χ2n) is 7.30. The summed E-state index contributed by atoms with van der Waals surface area (Å²) in [5.74, 6) is 0.485. The summed E-state index contributed by atoms with van der Waals surface area (Å²) in [5, 5.41) is 0.762. The van der Waals surface area contributed by atoms with Crippen molar-refractivity contribution in [3.63, 3.8) is 0 Å². The highest BCUT2D eigenvalue weighted by molar-refractivity contribution is 7.99. The molecule has 3 rings (SSSR count). The number of rotatable bonds is 7.